The van der Waals surface area contributed by atoms with Gasteiger partial charge >= 0.3 is 0 Å². The molecule has 3 rings (SSSR count). The van der Waals surface area contributed by atoms with Crippen molar-refractivity contribution in [3.63, 3.8) is 0 Å². The van der Waals surface area contributed by atoms with Crippen molar-refractivity contribution in [3.8, 4) is 0 Å². The molecule has 14 heavy (non-hydrogen) atoms. The monoisotopic (exact) mass is 185 g/mol. The largest absolute Gasteiger partial charge is 0.360 e. The first-order valence-corrected chi connectivity index (χ1v) is 5.24. The van der Waals surface area contributed by atoms with Gasteiger partial charge in [0.25, 0.3) is 0 Å². The lowest BCUT2D eigenvalue weighted by molar-refractivity contribution is 0.493. The number of benzene rings is 1. The summed E-state index contributed by atoms with van der Waals surface area (Å²) in [7, 11) is 0. The number of nitrogens with zero attached hydrogens (tertiary/aromatic N) is 1. The Bertz CT molecular complexity index is 403. The highest BCUT2D eigenvalue weighted by molar-refractivity contribution is 5.66. The van der Waals surface area contributed by atoms with Gasteiger partial charge in [-0.3, -0.25) is 0 Å². The van der Waals surface area contributed by atoms with E-state index in [9.17, 15) is 0 Å². The van der Waals surface area contributed by atoms with Crippen LogP contribution >= 0.6 is 0 Å². The van der Waals surface area contributed by atoms with Crippen LogP contribution in [0.1, 0.15) is 19.4 Å². The SMILES string of the molecule is CC1(C)c2ccccc2N2CC=CC21. The molecule has 0 spiro atoms. The van der Waals surface area contributed by atoms with E-state index in [1.807, 2.05) is 0 Å². The highest BCUT2D eigenvalue weighted by atomic mass is 15.2. The fraction of sp³-hybridized carbons (Fsp3) is 0.385. The number of fused-ring (bicyclic) bond motifs is 3. The molecule has 2 aliphatic rings. The molecule has 0 fully saturated rings. The summed E-state index contributed by atoms with van der Waals surface area (Å²) in [5, 5.41) is 0. The molecule has 1 heteroatoms. The summed E-state index contributed by atoms with van der Waals surface area (Å²) in [5.74, 6) is 0. The van der Waals surface area contributed by atoms with Crippen LogP contribution in [0.4, 0.5) is 5.69 Å². The van der Waals surface area contributed by atoms with Crippen molar-refractivity contribution in [2.45, 2.75) is 25.3 Å². The molecule has 0 saturated carbocycles. The van der Waals surface area contributed by atoms with E-state index in [0.29, 0.717) is 6.04 Å². The normalized spacial score (nSPS) is 26.4. The molecule has 2 aliphatic heterocycles. The van der Waals surface area contributed by atoms with Crippen LogP contribution in [0.2, 0.25) is 0 Å². The fourth-order valence-electron chi connectivity index (χ4n) is 2.83. The molecule has 72 valence electrons. The number of anilines is 1. The van der Waals surface area contributed by atoms with Crippen LogP contribution in [0.5, 0.6) is 0 Å². The third kappa shape index (κ3) is 0.802. The maximum Gasteiger partial charge on any atom is 0.0569 e. The maximum atomic E-state index is 2.50. The summed E-state index contributed by atoms with van der Waals surface area (Å²) < 4.78 is 0. The second-order valence-corrected chi connectivity index (χ2v) is 4.76. The highest BCUT2D eigenvalue weighted by Gasteiger charge is 2.43. The molecule has 1 unspecified atom stereocenters. The first kappa shape index (κ1) is 8.10. The number of para-hydroxylation sites is 1. The van der Waals surface area contributed by atoms with Gasteiger partial charge in [-0.05, 0) is 11.6 Å². The van der Waals surface area contributed by atoms with Crippen molar-refractivity contribution < 1.29 is 0 Å². The Morgan fingerprint density at radius 1 is 1.29 bits per heavy atom. The van der Waals surface area contributed by atoms with Crippen molar-refractivity contribution in [3.05, 3.63) is 42.0 Å². The standard InChI is InChI=1S/C13H15N/c1-13(2)10-6-3-4-7-11(10)14-9-5-8-12(13)14/h3-8,12H,9H2,1-2H3. The average Bonchev–Trinajstić information content (AvgIpc) is 2.72. The first-order chi connectivity index (χ1) is 6.71. The van der Waals surface area contributed by atoms with Gasteiger partial charge in [0, 0.05) is 17.6 Å². The van der Waals surface area contributed by atoms with Gasteiger partial charge in [0.1, 0.15) is 0 Å². The van der Waals surface area contributed by atoms with Gasteiger partial charge in [-0.25, -0.2) is 0 Å². The lowest BCUT2D eigenvalue weighted by Crippen LogP contribution is -2.36. The van der Waals surface area contributed by atoms with Gasteiger partial charge in [0.15, 0.2) is 0 Å². The third-order valence-electron chi connectivity index (χ3n) is 3.60. The zero-order chi connectivity index (χ0) is 9.76. The summed E-state index contributed by atoms with van der Waals surface area (Å²) >= 11 is 0. The van der Waals surface area contributed by atoms with Crippen molar-refractivity contribution >= 4 is 5.69 Å². The topological polar surface area (TPSA) is 3.24 Å². The summed E-state index contributed by atoms with van der Waals surface area (Å²) in [6, 6.07) is 9.35. The quantitative estimate of drug-likeness (QED) is 0.562. The summed E-state index contributed by atoms with van der Waals surface area (Å²) in [4.78, 5) is 2.50. The van der Waals surface area contributed by atoms with Crippen molar-refractivity contribution in [2.75, 3.05) is 11.4 Å². The Balaban J connectivity index is 2.22. The summed E-state index contributed by atoms with van der Waals surface area (Å²) in [5.41, 5.74) is 3.19. The number of rotatable bonds is 0. The van der Waals surface area contributed by atoms with Crippen molar-refractivity contribution in [1.82, 2.24) is 0 Å². The molecule has 0 aromatic heterocycles. The molecule has 0 amide bonds. The van der Waals surface area contributed by atoms with Gasteiger partial charge in [0.05, 0.1) is 6.04 Å². The Labute approximate surface area is 85.0 Å². The van der Waals surface area contributed by atoms with E-state index in [0.717, 1.165) is 6.54 Å². The van der Waals surface area contributed by atoms with E-state index in [4.69, 9.17) is 0 Å². The van der Waals surface area contributed by atoms with E-state index >= 15 is 0 Å². The molecule has 0 bridgehead atoms. The van der Waals surface area contributed by atoms with Gasteiger partial charge < -0.3 is 4.90 Å². The van der Waals surface area contributed by atoms with E-state index in [1.165, 1.54) is 11.3 Å². The minimum Gasteiger partial charge on any atom is -0.360 e. The highest BCUT2D eigenvalue weighted by Crippen LogP contribution is 2.46. The third-order valence-corrected chi connectivity index (χ3v) is 3.60. The molecular weight excluding hydrogens is 170 g/mol. The Morgan fingerprint density at radius 3 is 2.93 bits per heavy atom. The van der Waals surface area contributed by atoms with Crippen LogP contribution in [0.15, 0.2) is 36.4 Å². The zero-order valence-electron chi connectivity index (χ0n) is 8.70. The Hall–Kier alpha value is -1.24. The Kier molecular flexibility index (Phi) is 1.40. The smallest absolute Gasteiger partial charge is 0.0569 e. The molecular formula is C13H15N. The molecule has 1 nitrogen and oxygen atoms in total. The van der Waals surface area contributed by atoms with E-state index in [-0.39, 0.29) is 5.41 Å². The summed E-state index contributed by atoms with van der Waals surface area (Å²) in [6.45, 7) is 5.75. The summed E-state index contributed by atoms with van der Waals surface area (Å²) in [6.07, 6.45) is 4.63. The predicted molar refractivity (Wildman–Crippen MR) is 59.7 cm³/mol. The Morgan fingerprint density at radius 2 is 2.07 bits per heavy atom. The van der Waals surface area contributed by atoms with E-state index in [1.54, 1.807) is 0 Å². The second kappa shape index (κ2) is 2.41. The van der Waals surface area contributed by atoms with Crippen LogP contribution in [-0.4, -0.2) is 12.6 Å². The molecule has 0 N–H and O–H groups in total. The molecule has 2 heterocycles. The lowest BCUT2D eigenvalue weighted by atomic mass is 9.81. The molecule has 0 aliphatic carbocycles. The van der Waals surface area contributed by atoms with Gasteiger partial charge in [-0.2, -0.15) is 0 Å². The molecule has 0 radical (unpaired) electrons. The van der Waals surface area contributed by atoms with Crippen molar-refractivity contribution in [2.24, 2.45) is 0 Å². The van der Waals surface area contributed by atoms with Crippen LogP contribution < -0.4 is 4.90 Å². The maximum absolute atomic E-state index is 2.50. The van der Waals surface area contributed by atoms with Gasteiger partial charge in [-0.15, -0.1) is 0 Å². The lowest BCUT2D eigenvalue weighted by Gasteiger charge is -2.27. The van der Waals surface area contributed by atoms with E-state index < -0.39 is 0 Å². The number of hydrogen-bond acceptors (Lipinski definition) is 1. The van der Waals surface area contributed by atoms with Crippen LogP contribution in [-0.2, 0) is 5.41 Å². The zero-order valence-corrected chi connectivity index (χ0v) is 8.70. The predicted octanol–water partition coefficient (Wildman–Crippen LogP) is 2.72. The second-order valence-electron chi connectivity index (χ2n) is 4.76. The molecule has 1 atom stereocenters. The van der Waals surface area contributed by atoms with Crippen LogP contribution in [0.3, 0.4) is 0 Å². The molecule has 0 saturated heterocycles. The molecule has 1 aromatic rings. The van der Waals surface area contributed by atoms with Gasteiger partial charge in [0.2, 0.25) is 0 Å². The van der Waals surface area contributed by atoms with Gasteiger partial charge in [-0.1, -0.05) is 44.2 Å². The van der Waals surface area contributed by atoms with E-state index in [2.05, 4.69) is 55.2 Å². The van der Waals surface area contributed by atoms with Crippen LogP contribution in [0, 0.1) is 0 Å². The number of hydrogen-bond donors (Lipinski definition) is 0. The minimum atomic E-state index is 0.267. The average molecular weight is 185 g/mol. The minimum absolute atomic E-state index is 0.267. The van der Waals surface area contributed by atoms with Crippen LogP contribution in [0.25, 0.3) is 0 Å². The first-order valence-electron chi connectivity index (χ1n) is 5.24. The molecule has 1 aromatic carbocycles. The fourth-order valence-corrected chi connectivity index (χ4v) is 2.83. The van der Waals surface area contributed by atoms with Crippen molar-refractivity contribution in [1.29, 1.82) is 0 Å².